The van der Waals surface area contributed by atoms with Crippen LogP contribution in [-0.2, 0) is 10.0 Å². The number of nitrogens with two attached hydrogens (primary N) is 1. The van der Waals surface area contributed by atoms with E-state index in [2.05, 4.69) is 15.3 Å². The van der Waals surface area contributed by atoms with Gasteiger partial charge in [0.1, 0.15) is 0 Å². The van der Waals surface area contributed by atoms with Crippen molar-refractivity contribution in [3.63, 3.8) is 0 Å². The molecule has 0 fully saturated rings. The van der Waals surface area contributed by atoms with Gasteiger partial charge in [0.15, 0.2) is 0 Å². The first-order chi connectivity index (χ1) is 8.40. The molecule has 0 aromatic carbocycles. The minimum atomic E-state index is -3.41. The minimum Gasteiger partial charge on any atom is -0.478 e. The van der Waals surface area contributed by atoms with Crippen molar-refractivity contribution in [1.29, 1.82) is 0 Å². The molecule has 102 valence electrons. The summed E-state index contributed by atoms with van der Waals surface area (Å²) in [6, 6.07) is 1.74. The Labute approximate surface area is 107 Å². The van der Waals surface area contributed by atoms with Gasteiger partial charge in [-0.3, -0.25) is 0 Å². The lowest BCUT2D eigenvalue weighted by atomic mass is 10.4. The van der Waals surface area contributed by atoms with Crippen LogP contribution in [-0.4, -0.2) is 37.3 Å². The molecule has 0 saturated heterocycles. The number of nitrogens with one attached hydrogen (secondary N) is 1. The van der Waals surface area contributed by atoms with Crippen molar-refractivity contribution in [2.24, 2.45) is 5.14 Å². The number of hydrogen-bond donors (Lipinski definition) is 2. The third-order valence-corrected chi connectivity index (χ3v) is 2.87. The summed E-state index contributed by atoms with van der Waals surface area (Å²) in [5.41, 5.74) is 0.780. The Bertz CT molecular complexity index is 490. The zero-order valence-electron chi connectivity index (χ0n) is 10.5. The first-order valence-corrected chi connectivity index (χ1v) is 7.35. The molecule has 3 N–H and O–H groups in total. The van der Waals surface area contributed by atoms with Crippen LogP contribution in [0.4, 0.5) is 5.95 Å². The Kier molecular flexibility index (Phi) is 5.29. The van der Waals surface area contributed by atoms with Gasteiger partial charge >= 0.3 is 0 Å². The van der Waals surface area contributed by atoms with Crippen LogP contribution in [0.3, 0.4) is 0 Å². The second-order valence-electron chi connectivity index (χ2n) is 3.75. The lowest BCUT2D eigenvalue weighted by molar-refractivity contribution is 0.326. The Morgan fingerprint density at radius 1 is 1.44 bits per heavy atom. The molecule has 0 atom stereocenters. The van der Waals surface area contributed by atoms with Gasteiger partial charge in [0.2, 0.25) is 21.9 Å². The van der Waals surface area contributed by atoms with Crippen molar-refractivity contribution in [2.75, 3.05) is 24.2 Å². The maximum atomic E-state index is 10.7. The lowest BCUT2D eigenvalue weighted by Gasteiger charge is -2.08. The topological polar surface area (TPSA) is 107 Å². The molecule has 0 amide bonds. The van der Waals surface area contributed by atoms with E-state index >= 15 is 0 Å². The van der Waals surface area contributed by atoms with Crippen LogP contribution in [0.25, 0.3) is 0 Å². The second kappa shape index (κ2) is 6.50. The number of primary sulfonamides is 1. The Hall–Kier alpha value is -1.41. The predicted molar refractivity (Wildman–Crippen MR) is 69.0 cm³/mol. The molecule has 0 unspecified atom stereocenters. The van der Waals surface area contributed by atoms with Crippen LogP contribution in [0.1, 0.15) is 19.0 Å². The summed E-state index contributed by atoms with van der Waals surface area (Å²) < 4.78 is 26.8. The zero-order valence-corrected chi connectivity index (χ0v) is 11.3. The monoisotopic (exact) mass is 274 g/mol. The van der Waals surface area contributed by atoms with E-state index < -0.39 is 10.0 Å². The number of aromatic nitrogens is 2. The highest BCUT2D eigenvalue weighted by Gasteiger charge is 2.04. The highest BCUT2D eigenvalue weighted by Crippen LogP contribution is 2.11. The third-order valence-electron chi connectivity index (χ3n) is 2.01. The van der Waals surface area contributed by atoms with E-state index in [9.17, 15) is 8.42 Å². The van der Waals surface area contributed by atoms with E-state index in [0.29, 0.717) is 31.4 Å². The molecule has 0 aliphatic heterocycles. The number of nitrogens with zero attached hydrogens (tertiary/aromatic N) is 2. The number of ether oxygens (including phenoxy) is 1. The molecule has 8 heteroatoms. The standard InChI is InChI=1S/C10H18N4O3S/c1-3-17-9-7-8(2)13-10(14-9)12-5-4-6-18(11,15)16/h7H,3-6H2,1-2H3,(H2,11,15,16)(H,12,13,14). The highest BCUT2D eigenvalue weighted by molar-refractivity contribution is 7.89. The first kappa shape index (κ1) is 14.7. The molecule has 0 spiro atoms. The molecule has 7 nitrogen and oxygen atoms in total. The summed E-state index contributed by atoms with van der Waals surface area (Å²) >= 11 is 0. The number of anilines is 1. The van der Waals surface area contributed by atoms with Crippen LogP contribution < -0.4 is 15.2 Å². The minimum absolute atomic E-state index is 0.0653. The van der Waals surface area contributed by atoms with Crippen molar-refractivity contribution in [3.8, 4) is 5.88 Å². The maximum absolute atomic E-state index is 10.7. The summed E-state index contributed by atoms with van der Waals surface area (Å²) in [6.45, 7) is 4.67. The molecule has 1 aromatic heterocycles. The van der Waals surface area contributed by atoms with Gasteiger partial charge in [0.25, 0.3) is 0 Å². The Morgan fingerprint density at radius 2 is 2.17 bits per heavy atom. The summed E-state index contributed by atoms with van der Waals surface area (Å²) in [5, 5.41) is 7.83. The van der Waals surface area contributed by atoms with Crippen molar-refractivity contribution in [3.05, 3.63) is 11.8 Å². The molecule has 0 saturated carbocycles. The zero-order chi connectivity index (χ0) is 13.6. The van der Waals surface area contributed by atoms with Gasteiger partial charge in [-0.05, 0) is 20.3 Å². The average Bonchev–Trinajstić information content (AvgIpc) is 2.23. The largest absolute Gasteiger partial charge is 0.478 e. The lowest BCUT2D eigenvalue weighted by Crippen LogP contribution is -2.19. The smallest absolute Gasteiger partial charge is 0.226 e. The van der Waals surface area contributed by atoms with E-state index in [0.717, 1.165) is 5.69 Å². The average molecular weight is 274 g/mol. The molecule has 1 rings (SSSR count). The molecule has 0 aliphatic rings. The fraction of sp³-hybridized carbons (Fsp3) is 0.600. The third kappa shape index (κ3) is 5.78. The quantitative estimate of drug-likeness (QED) is 0.691. The molecule has 0 bridgehead atoms. The Balaban J connectivity index is 2.51. The van der Waals surface area contributed by atoms with Gasteiger partial charge in [-0.15, -0.1) is 0 Å². The van der Waals surface area contributed by atoms with Gasteiger partial charge in [-0.1, -0.05) is 0 Å². The van der Waals surface area contributed by atoms with Crippen molar-refractivity contribution in [1.82, 2.24) is 9.97 Å². The van der Waals surface area contributed by atoms with Crippen LogP contribution in [0.2, 0.25) is 0 Å². The second-order valence-corrected chi connectivity index (χ2v) is 5.49. The summed E-state index contributed by atoms with van der Waals surface area (Å²) in [4.78, 5) is 8.30. The molecule has 1 heterocycles. The van der Waals surface area contributed by atoms with Crippen LogP contribution >= 0.6 is 0 Å². The number of aryl methyl sites for hydroxylation is 1. The summed E-state index contributed by atoms with van der Waals surface area (Å²) in [5.74, 6) is 0.858. The first-order valence-electron chi connectivity index (χ1n) is 5.63. The van der Waals surface area contributed by atoms with E-state index in [1.165, 1.54) is 0 Å². The molecular formula is C10H18N4O3S. The maximum Gasteiger partial charge on any atom is 0.226 e. The number of sulfonamides is 1. The molecule has 1 aromatic rings. The van der Waals surface area contributed by atoms with E-state index in [1.54, 1.807) is 6.07 Å². The molecule has 0 aliphatic carbocycles. The fourth-order valence-electron chi connectivity index (χ4n) is 1.31. The van der Waals surface area contributed by atoms with Crippen LogP contribution in [0.15, 0.2) is 6.07 Å². The van der Waals surface area contributed by atoms with Crippen LogP contribution in [0.5, 0.6) is 5.88 Å². The van der Waals surface area contributed by atoms with Gasteiger partial charge in [0, 0.05) is 18.3 Å². The van der Waals surface area contributed by atoms with Crippen molar-refractivity contribution < 1.29 is 13.2 Å². The SMILES string of the molecule is CCOc1cc(C)nc(NCCCS(N)(=O)=O)n1. The normalized spacial score (nSPS) is 11.3. The predicted octanol–water partition coefficient (Wildman–Crippen LogP) is 0.274. The molecule has 0 radical (unpaired) electrons. The fourth-order valence-corrected chi connectivity index (χ4v) is 1.86. The van der Waals surface area contributed by atoms with Gasteiger partial charge in [-0.2, -0.15) is 4.98 Å². The van der Waals surface area contributed by atoms with Crippen LogP contribution in [0, 0.1) is 6.92 Å². The summed E-state index contributed by atoms with van der Waals surface area (Å²) in [6.07, 6.45) is 0.403. The van der Waals surface area contributed by atoms with E-state index in [4.69, 9.17) is 9.88 Å². The molecular weight excluding hydrogens is 256 g/mol. The molecule has 18 heavy (non-hydrogen) atoms. The van der Waals surface area contributed by atoms with E-state index in [-0.39, 0.29) is 5.75 Å². The van der Waals surface area contributed by atoms with Gasteiger partial charge < -0.3 is 10.1 Å². The van der Waals surface area contributed by atoms with Gasteiger partial charge in [-0.25, -0.2) is 18.5 Å². The van der Waals surface area contributed by atoms with Crippen molar-refractivity contribution in [2.45, 2.75) is 20.3 Å². The van der Waals surface area contributed by atoms with E-state index in [1.807, 2.05) is 13.8 Å². The Morgan fingerprint density at radius 3 is 2.78 bits per heavy atom. The number of rotatable bonds is 7. The highest BCUT2D eigenvalue weighted by atomic mass is 32.2. The summed E-state index contributed by atoms with van der Waals surface area (Å²) in [7, 11) is -3.41. The van der Waals surface area contributed by atoms with Crippen molar-refractivity contribution >= 4 is 16.0 Å². The van der Waals surface area contributed by atoms with Gasteiger partial charge in [0.05, 0.1) is 12.4 Å². The number of hydrogen-bond acceptors (Lipinski definition) is 6.